The van der Waals surface area contributed by atoms with Crippen LogP contribution < -0.4 is 15.4 Å². The van der Waals surface area contributed by atoms with E-state index in [-0.39, 0.29) is 11.8 Å². The van der Waals surface area contributed by atoms with Gasteiger partial charge in [0.2, 0.25) is 5.91 Å². The minimum atomic E-state index is -0.540. The van der Waals surface area contributed by atoms with E-state index < -0.39 is 5.54 Å². The standard InChI is InChI=1S/C33H39N3O6/c1-24-3-5-25(6-4-24)26-7-10-28(11-8-26)34-31(37)27-9-12-30(42-22-21-41-20-19-39-2)29(23-27)35-32(38)33(13-14-33)36-15-17-40-18-16-36/h3-12,23H,13-22H2,1-2H3,(H,34,37)(H,35,38). The zero-order valence-corrected chi connectivity index (χ0v) is 24.3. The van der Waals surface area contributed by atoms with Gasteiger partial charge < -0.3 is 29.6 Å². The number of nitrogens with zero attached hydrogens (tertiary/aromatic N) is 1. The van der Waals surface area contributed by atoms with Crippen LogP contribution in [0.15, 0.2) is 66.7 Å². The summed E-state index contributed by atoms with van der Waals surface area (Å²) in [6.07, 6.45) is 1.59. The van der Waals surface area contributed by atoms with Crippen LogP contribution in [0.5, 0.6) is 5.75 Å². The number of amides is 2. The van der Waals surface area contributed by atoms with Crippen molar-refractivity contribution in [1.82, 2.24) is 4.90 Å². The Kier molecular flexibility index (Phi) is 9.86. The molecule has 2 aliphatic rings. The van der Waals surface area contributed by atoms with Crippen molar-refractivity contribution in [2.75, 3.05) is 70.5 Å². The maximum Gasteiger partial charge on any atom is 0.255 e. The number of hydrogen-bond donors (Lipinski definition) is 2. The molecule has 0 bridgehead atoms. The normalized spacial score (nSPS) is 16.0. The van der Waals surface area contributed by atoms with Gasteiger partial charge in [-0.3, -0.25) is 14.5 Å². The van der Waals surface area contributed by atoms with E-state index in [0.29, 0.717) is 62.3 Å². The fourth-order valence-corrected chi connectivity index (χ4v) is 5.08. The van der Waals surface area contributed by atoms with Crippen LogP contribution in [0.2, 0.25) is 0 Å². The van der Waals surface area contributed by atoms with Crippen LogP contribution in [-0.2, 0) is 19.0 Å². The number of anilines is 2. The van der Waals surface area contributed by atoms with Gasteiger partial charge in [0.05, 0.1) is 38.7 Å². The zero-order chi connectivity index (χ0) is 29.4. The number of carbonyl (C=O) groups excluding carboxylic acids is 2. The molecule has 3 aromatic carbocycles. The summed E-state index contributed by atoms with van der Waals surface area (Å²) in [5.41, 5.74) is 4.40. The lowest BCUT2D eigenvalue weighted by Gasteiger charge is -2.34. The van der Waals surface area contributed by atoms with Crippen molar-refractivity contribution < 1.29 is 28.5 Å². The van der Waals surface area contributed by atoms with Gasteiger partial charge in [0.1, 0.15) is 17.9 Å². The molecular formula is C33H39N3O6. The molecule has 0 spiro atoms. The Morgan fingerprint density at radius 1 is 0.857 bits per heavy atom. The molecule has 42 heavy (non-hydrogen) atoms. The lowest BCUT2D eigenvalue weighted by atomic mass is 10.0. The van der Waals surface area contributed by atoms with E-state index in [4.69, 9.17) is 18.9 Å². The van der Waals surface area contributed by atoms with E-state index in [1.807, 2.05) is 24.3 Å². The van der Waals surface area contributed by atoms with Gasteiger partial charge in [0.15, 0.2) is 0 Å². The number of morpholine rings is 1. The molecule has 1 heterocycles. The van der Waals surface area contributed by atoms with E-state index in [9.17, 15) is 9.59 Å². The molecule has 1 saturated carbocycles. The summed E-state index contributed by atoms with van der Waals surface area (Å²) in [5.74, 6) is 0.114. The van der Waals surface area contributed by atoms with Crippen molar-refractivity contribution in [3.63, 3.8) is 0 Å². The predicted octanol–water partition coefficient (Wildman–Crippen LogP) is 4.76. The molecular weight excluding hydrogens is 534 g/mol. The number of ether oxygens (including phenoxy) is 4. The number of methoxy groups -OCH3 is 1. The van der Waals surface area contributed by atoms with E-state index in [0.717, 1.165) is 37.1 Å². The monoisotopic (exact) mass is 573 g/mol. The van der Waals surface area contributed by atoms with Gasteiger partial charge >= 0.3 is 0 Å². The Bertz CT molecular complexity index is 1350. The minimum Gasteiger partial charge on any atom is -0.489 e. The fourth-order valence-electron chi connectivity index (χ4n) is 5.08. The van der Waals surface area contributed by atoms with Gasteiger partial charge in [-0.2, -0.15) is 0 Å². The number of nitrogens with one attached hydrogen (secondary N) is 2. The average Bonchev–Trinajstić information content (AvgIpc) is 3.83. The highest BCUT2D eigenvalue weighted by atomic mass is 16.5. The van der Waals surface area contributed by atoms with Crippen molar-refractivity contribution in [3.8, 4) is 16.9 Å². The van der Waals surface area contributed by atoms with Crippen LogP contribution in [-0.4, -0.2) is 82.1 Å². The average molecular weight is 574 g/mol. The van der Waals surface area contributed by atoms with Crippen molar-refractivity contribution in [1.29, 1.82) is 0 Å². The van der Waals surface area contributed by atoms with Crippen LogP contribution in [0.1, 0.15) is 28.8 Å². The number of aryl methyl sites for hydroxylation is 1. The van der Waals surface area contributed by atoms with Gasteiger partial charge in [-0.25, -0.2) is 0 Å². The second-order valence-corrected chi connectivity index (χ2v) is 10.6. The molecule has 0 unspecified atom stereocenters. The first kappa shape index (κ1) is 29.7. The molecule has 2 amide bonds. The molecule has 0 atom stereocenters. The van der Waals surface area contributed by atoms with Crippen LogP contribution in [0.3, 0.4) is 0 Å². The Hall–Kier alpha value is -3.76. The quantitative estimate of drug-likeness (QED) is 0.285. The predicted molar refractivity (Wildman–Crippen MR) is 162 cm³/mol. The molecule has 1 saturated heterocycles. The topological polar surface area (TPSA) is 98.4 Å². The number of benzene rings is 3. The summed E-state index contributed by atoms with van der Waals surface area (Å²) < 4.78 is 22.0. The third kappa shape index (κ3) is 7.35. The maximum absolute atomic E-state index is 13.5. The Morgan fingerprint density at radius 2 is 1.52 bits per heavy atom. The first-order chi connectivity index (χ1) is 20.5. The molecule has 0 radical (unpaired) electrons. The van der Waals surface area contributed by atoms with Crippen LogP contribution >= 0.6 is 0 Å². The fraction of sp³-hybridized carbons (Fsp3) is 0.394. The highest BCUT2D eigenvalue weighted by molar-refractivity contribution is 6.07. The van der Waals surface area contributed by atoms with Crippen molar-refractivity contribution in [3.05, 3.63) is 77.9 Å². The van der Waals surface area contributed by atoms with Gasteiger partial charge in [0.25, 0.3) is 5.91 Å². The van der Waals surface area contributed by atoms with Crippen LogP contribution in [0.4, 0.5) is 11.4 Å². The SMILES string of the molecule is COCCOCCOc1ccc(C(=O)Nc2ccc(-c3ccc(C)cc3)cc2)cc1NC(=O)C1(N2CCOCC2)CC1. The minimum absolute atomic E-state index is 0.0881. The summed E-state index contributed by atoms with van der Waals surface area (Å²) in [6, 6.07) is 21.1. The largest absolute Gasteiger partial charge is 0.489 e. The second kappa shape index (κ2) is 13.9. The van der Waals surface area contributed by atoms with Gasteiger partial charge in [-0.05, 0) is 61.2 Å². The summed E-state index contributed by atoms with van der Waals surface area (Å²) in [6.45, 7) is 6.38. The molecule has 9 nitrogen and oxygen atoms in total. The number of rotatable bonds is 13. The van der Waals surface area contributed by atoms with Crippen LogP contribution in [0.25, 0.3) is 11.1 Å². The Labute approximate surface area is 247 Å². The van der Waals surface area contributed by atoms with Gasteiger partial charge in [0, 0.05) is 31.5 Å². The third-order valence-corrected chi connectivity index (χ3v) is 7.70. The van der Waals surface area contributed by atoms with Gasteiger partial charge in [-0.15, -0.1) is 0 Å². The summed E-state index contributed by atoms with van der Waals surface area (Å²) >= 11 is 0. The van der Waals surface area contributed by atoms with E-state index >= 15 is 0 Å². The van der Waals surface area contributed by atoms with Gasteiger partial charge in [-0.1, -0.05) is 42.0 Å². The molecule has 2 N–H and O–H groups in total. The highest BCUT2D eigenvalue weighted by Gasteiger charge is 2.54. The zero-order valence-electron chi connectivity index (χ0n) is 24.3. The molecule has 2 fully saturated rings. The summed E-state index contributed by atoms with van der Waals surface area (Å²) in [5, 5.41) is 6.04. The lowest BCUT2D eigenvalue weighted by Crippen LogP contribution is -2.51. The summed E-state index contributed by atoms with van der Waals surface area (Å²) in [7, 11) is 1.62. The third-order valence-electron chi connectivity index (χ3n) is 7.70. The second-order valence-electron chi connectivity index (χ2n) is 10.6. The van der Waals surface area contributed by atoms with Crippen molar-refractivity contribution in [2.24, 2.45) is 0 Å². The maximum atomic E-state index is 13.5. The van der Waals surface area contributed by atoms with Crippen LogP contribution in [0, 0.1) is 6.92 Å². The molecule has 0 aromatic heterocycles. The number of hydrogen-bond acceptors (Lipinski definition) is 7. The first-order valence-corrected chi connectivity index (χ1v) is 14.4. The molecule has 1 aliphatic heterocycles. The van der Waals surface area contributed by atoms with Crippen molar-refractivity contribution >= 4 is 23.2 Å². The van der Waals surface area contributed by atoms with E-state index in [1.165, 1.54) is 5.56 Å². The molecule has 1 aliphatic carbocycles. The first-order valence-electron chi connectivity index (χ1n) is 14.4. The molecule has 222 valence electrons. The van der Waals surface area contributed by atoms with E-state index in [2.05, 4.69) is 46.7 Å². The highest BCUT2D eigenvalue weighted by Crippen LogP contribution is 2.43. The molecule has 5 rings (SSSR count). The molecule has 3 aromatic rings. The number of carbonyl (C=O) groups is 2. The van der Waals surface area contributed by atoms with E-state index in [1.54, 1.807) is 25.3 Å². The smallest absolute Gasteiger partial charge is 0.255 e. The molecule has 9 heteroatoms. The van der Waals surface area contributed by atoms with Crippen molar-refractivity contribution in [2.45, 2.75) is 25.3 Å². The lowest BCUT2D eigenvalue weighted by molar-refractivity contribution is -0.124. The summed E-state index contributed by atoms with van der Waals surface area (Å²) in [4.78, 5) is 29.0. The Morgan fingerprint density at radius 3 is 2.19 bits per heavy atom. The Balaban J connectivity index is 1.28.